The summed E-state index contributed by atoms with van der Waals surface area (Å²) >= 11 is 12.7. The first-order valence-corrected chi connectivity index (χ1v) is 8.82. The van der Waals surface area contributed by atoms with Crippen LogP contribution in [0.25, 0.3) is 0 Å². The van der Waals surface area contributed by atoms with E-state index in [0.717, 1.165) is 18.7 Å². The Balaban J connectivity index is 1.49. The van der Waals surface area contributed by atoms with E-state index in [4.69, 9.17) is 23.2 Å². The number of benzene rings is 1. The maximum absolute atomic E-state index is 11.9. The lowest BCUT2D eigenvalue weighted by atomic mass is 10.1. The van der Waals surface area contributed by atoms with E-state index < -0.39 is 4.33 Å². The van der Waals surface area contributed by atoms with Crippen LogP contribution >= 0.6 is 23.2 Å². The minimum atomic E-state index is -0.845. The van der Waals surface area contributed by atoms with Crippen molar-refractivity contribution in [2.45, 2.75) is 29.5 Å². The second-order valence-corrected chi connectivity index (χ2v) is 7.68. The van der Waals surface area contributed by atoms with Gasteiger partial charge in [-0.2, -0.15) is 5.10 Å². The number of halogens is 2. The first-order chi connectivity index (χ1) is 11.1. The number of carbonyl (C=O) groups is 1. The van der Waals surface area contributed by atoms with Gasteiger partial charge in [-0.15, -0.1) is 23.2 Å². The van der Waals surface area contributed by atoms with Gasteiger partial charge in [0.15, 0.2) is 0 Å². The van der Waals surface area contributed by atoms with Crippen molar-refractivity contribution in [3.05, 3.63) is 35.9 Å². The van der Waals surface area contributed by atoms with E-state index in [1.54, 1.807) is 6.21 Å². The van der Waals surface area contributed by atoms with Crippen LogP contribution in [0.5, 0.6) is 0 Å². The molecule has 1 amide bonds. The van der Waals surface area contributed by atoms with E-state index in [9.17, 15) is 4.79 Å². The number of hydrogen-bond donors (Lipinski definition) is 1. The van der Waals surface area contributed by atoms with Crippen molar-refractivity contribution in [3.63, 3.8) is 0 Å². The molecule has 6 heteroatoms. The molecule has 1 heterocycles. The highest BCUT2D eigenvalue weighted by Crippen LogP contribution is 2.63. The maximum atomic E-state index is 11.9. The monoisotopic (exact) mass is 353 g/mol. The zero-order valence-electron chi connectivity index (χ0n) is 12.9. The number of amides is 1. The average molecular weight is 354 g/mol. The Morgan fingerprint density at radius 2 is 1.96 bits per heavy atom. The molecule has 1 aliphatic carbocycles. The Morgan fingerprint density at radius 1 is 1.26 bits per heavy atom. The first-order valence-electron chi connectivity index (χ1n) is 8.06. The molecule has 0 unspecified atom stereocenters. The van der Waals surface area contributed by atoms with Gasteiger partial charge in [0.2, 0.25) is 0 Å². The highest BCUT2D eigenvalue weighted by atomic mass is 35.5. The van der Waals surface area contributed by atoms with Crippen LogP contribution in [0, 0.1) is 5.92 Å². The van der Waals surface area contributed by atoms with Gasteiger partial charge in [-0.05, 0) is 31.5 Å². The summed E-state index contributed by atoms with van der Waals surface area (Å²) in [5.41, 5.74) is 3.67. The second kappa shape index (κ2) is 7.20. The molecule has 1 aromatic rings. The normalized spacial score (nSPS) is 27.0. The fourth-order valence-electron chi connectivity index (χ4n) is 3.17. The van der Waals surface area contributed by atoms with Crippen LogP contribution in [0.3, 0.4) is 0 Å². The van der Waals surface area contributed by atoms with Gasteiger partial charge in [0.1, 0.15) is 4.33 Å². The highest BCUT2D eigenvalue weighted by molar-refractivity contribution is 6.53. The molecule has 4 nitrogen and oxygen atoms in total. The topological polar surface area (TPSA) is 44.7 Å². The second-order valence-electron chi connectivity index (χ2n) is 6.24. The van der Waals surface area contributed by atoms with Crippen LogP contribution in [0.1, 0.15) is 30.7 Å². The molecule has 124 valence electrons. The summed E-state index contributed by atoms with van der Waals surface area (Å²) in [7, 11) is 0. The molecule has 0 bridgehead atoms. The van der Waals surface area contributed by atoms with Gasteiger partial charge in [-0.3, -0.25) is 9.69 Å². The predicted molar refractivity (Wildman–Crippen MR) is 94.0 cm³/mol. The maximum Gasteiger partial charge on any atom is 0.254 e. The van der Waals surface area contributed by atoms with E-state index in [2.05, 4.69) is 15.4 Å². The Labute approximate surface area is 146 Å². The van der Waals surface area contributed by atoms with Gasteiger partial charge in [0.25, 0.3) is 5.91 Å². The van der Waals surface area contributed by atoms with Gasteiger partial charge < -0.3 is 0 Å². The van der Waals surface area contributed by atoms with E-state index in [1.807, 2.05) is 30.3 Å². The molecule has 2 fully saturated rings. The quantitative estimate of drug-likeness (QED) is 0.502. The van der Waals surface area contributed by atoms with Crippen LogP contribution in [-0.2, 0) is 4.79 Å². The van der Waals surface area contributed by atoms with E-state index in [0.29, 0.717) is 6.54 Å². The fraction of sp³-hybridized carbons (Fsp3) is 0.529. The number of hydrogen-bond acceptors (Lipinski definition) is 3. The van der Waals surface area contributed by atoms with Gasteiger partial charge in [0, 0.05) is 18.1 Å². The third-order valence-electron chi connectivity index (χ3n) is 4.51. The standard InChI is InChI=1S/C17H21Cl2N3O/c18-17(19)14(16(17)13-7-3-1-4-8-13)11-20-21-15(23)12-22-9-5-2-6-10-22/h1,3-4,7-8,11,14,16H,2,5-6,9-10,12H2,(H,21,23)/b20-11-/t14-,16+/m1/s1. The zero-order valence-corrected chi connectivity index (χ0v) is 14.4. The zero-order chi connectivity index (χ0) is 16.3. The Hall–Kier alpha value is -1.10. The SMILES string of the molecule is O=C(CN1CCCCC1)N/N=C\[C@@H]1[C@H](c2ccccc2)C1(Cl)Cl. The third-order valence-corrected chi connectivity index (χ3v) is 5.48. The Morgan fingerprint density at radius 3 is 2.65 bits per heavy atom. The molecule has 1 N–H and O–H groups in total. The molecule has 2 atom stereocenters. The van der Waals surface area contributed by atoms with E-state index in [1.165, 1.54) is 19.3 Å². The molecule has 3 rings (SSSR count). The van der Waals surface area contributed by atoms with Crippen molar-refractivity contribution < 1.29 is 4.79 Å². The first kappa shape index (κ1) is 16.7. The average Bonchev–Trinajstić information content (AvgIpc) is 3.10. The molecular weight excluding hydrogens is 333 g/mol. The number of rotatable bonds is 5. The van der Waals surface area contributed by atoms with Crippen molar-refractivity contribution in [2.75, 3.05) is 19.6 Å². The predicted octanol–water partition coefficient (Wildman–Crippen LogP) is 3.16. The van der Waals surface area contributed by atoms with Crippen LogP contribution < -0.4 is 5.43 Å². The van der Waals surface area contributed by atoms with Crippen LogP contribution in [0.4, 0.5) is 0 Å². The minimum Gasteiger partial charge on any atom is -0.294 e. The summed E-state index contributed by atoms with van der Waals surface area (Å²) in [4.78, 5) is 14.1. The smallest absolute Gasteiger partial charge is 0.254 e. The molecule has 2 aliphatic rings. The van der Waals surface area contributed by atoms with Crippen LogP contribution in [0.15, 0.2) is 35.4 Å². The number of alkyl halides is 2. The van der Waals surface area contributed by atoms with Gasteiger partial charge in [-0.1, -0.05) is 36.8 Å². The molecule has 1 saturated carbocycles. The summed E-state index contributed by atoms with van der Waals surface area (Å²) in [5.74, 6) is -0.145. The fourth-order valence-corrected chi connectivity index (χ4v) is 3.93. The summed E-state index contributed by atoms with van der Waals surface area (Å²) in [5, 5.41) is 4.05. The molecular formula is C17H21Cl2N3O. The number of nitrogens with one attached hydrogen (secondary N) is 1. The minimum absolute atomic E-state index is 0.0229. The van der Waals surface area contributed by atoms with E-state index in [-0.39, 0.29) is 17.7 Å². The molecule has 0 spiro atoms. The number of piperidine rings is 1. The van der Waals surface area contributed by atoms with E-state index >= 15 is 0 Å². The summed E-state index contributed by atoms with van der Waals surface area (Å²) in [6.07, 6.45) is 5.24. The lowest BCUT2D eigenvalue weighted by Crippen LogP contribution is -2.38. The molecule has 0 radical (unpaired) electrons. The number of nitrogens with zero attached hydrogens (tertiary/aromatic N) is 2. The molecule has 1 aliphatic heterocycles. The summed E-state index contributed by atoms with van der Waals surface area (Å²) in [6, 6.07) is 9.90. The largest absolute Gasteiger partial charge is 0.294 e. The number of likely N-dealkylation sites (tertiary alicyclic amines) is 1. The Kier molecular flexibility index (Phi) is 5.24. The molecule has 1 aromatic carbocycles. The van der Waals surface area contributed by atoms with Gasteiger partial charge >= 0.3 is 0 Å². The molecule has 1 saturated heterocycles. The third kappa shape index (κ3) is 4.06. The Bertz CT molecular complexity index is 570. The lowest BCUT2D eigenvalue weighted by Gasteiger charge is -2.25. The van der Waals surface area contributed by atoms with Crippen LogP contribution in [0.2, 0.25) is 0 Å². The highest BCUT2D eigenvalue weighted by Gasteiger charge is 2.63. The number of carbonyl (C=O) groups excluding carboxylic acids is 1. The summed E-state index contributed by atoms with van der Waals surface area (Å²) in [6.45, 7) is 2.38. The summed E-state index contributed by atoms with van der Waals surface area (Å²) < 4.78 is -0.845. The molecule has 23 heavy (non-hydrogen) atoms. The van der Waals surface area contributed by atoms with Crippen molar-refractivity contribution >= 4 is 35.3 Å². The number of hydrazone groups is 1. The van der Waals surface area contributed by atoms with Crippen molar-refractivity contribution in [1.82, 2.24) is 10.3 Å². The van der Waals surface area contributed by atoms with Crippen LogP contribution in [-0.4, -0.2) is 41.0 Å². The van der Waals surface area contributed by atoms with Crippen molar-refractivity contribution in [1.29, 1.82) is 0 Å². The van der Waals surface area contributed by atoms with Gasteiger partial charge in [-0.25, -0.2) is 5.43 Å². The van der Waals surface area contributed by atoms with Crippen molar-refractivity contribution in [2.24, 2.45) is 11.0 Å². The molecule has 0 aromatic heterocycles. The lowest BCUT2D eigenvalue weighted by molar-refractivity contribution is -0.122. The van der Waals surface area contributed by atoms with Crippen molar-refractivity contribution in [3.8, 4) is 0 Å². The van der Waals surface area contributed by atoms with Gasteiger partial charge in [0.05, 0.1) is 6.54 Å².